The standard InChI is InChI=1S/C28H29N3O6/c1-16-20(18-6-3-2-4-7-18)8-5-9-21(16)27-30-26(31-37-27)19-12-10-17(11-13-19)14-29-23-25(34)24(33)22(15-32)36-28(23)35/h2-13,22-25,28-29,32-35H,14-15H2,1H3/t22-,23+,24-,25-,28?/m1/s1. The number of aliphatic hydroxyl groups is 4. The second-order valence-corrected chi connectivity index (χ2v) is 9.10. The number of aliphatic hydroxyl groups excluding tert-OH is 4. The molecule has 0 spiro atoms. The van der Waals surface area contributed by atoms with Crippen molar-refractivity contribution < 1.29 is 29.7 Å². The smallest absolute Gasteiger partial charge is 0.258 e. The molecule has 2 heterocycles. The topological polar surface area (TPSA) is 141 Å². The molecule has 0 aliphatic carbocycles. The average Bonchev–Trinajstić information content (AvgIpc) is 3.42. The molecule has 5 atom stereocenters. The van der Waals surface area contributed by atoms with Gasteiger partial charge in [0.1, 0.15) is 18.3 Å². The molecule has 0 bridgehead atoms. The van der Waals surface area contributed by atoms with Crippen LogP contribution < -0.4 is 5.32 Å². The zero-order valence-corrected chi connectivity index (χ0v) is 20.2. The maximum atomic E-state index is 10.3. The van der Waals surface area contributed by atoms with Gasteiger partial charge < -0.3 is 35.0 Å². The highest BCUT2D eigenvalue weighted by molar-refractivity contribution is 5.75. The fourth-order valence-corrected chi connectivity index (χ4v) is 4.57. The van der Waals surface area contributed by atoms with Crippen LogP contribution >= 0.6 is 0 Å². The lowest BCUT2D eigenvalue weighted by atomic mass is 9.96. The molecule has 37 heavy (non-hydrogen) atoms. The quantitative estimate of drug-likeness (QED) is 0.257. The van der Waals surface area contributed by atoms with E-state index in [0.29, 0.717) is 18.3 Å². The highest BCUT2D eigenvalue weighted by atomic mass is 16.6. The van der Waals surface area contributed by atoms with Crippen LogP contribution in [-0.4, -0.2) is 67.8 Å². The third-order valence-electron chi connectivity index (χ3n) is 6.73. The molecule has 1 unspecified atom stereocenters. The van der Waals surface area contributed by atoms with Crippen molar-refractivity contribution in [3.63, 3.8) is 0 Å². The molecule has 3 aromatic carbocycles. The average molecular weight is 504 g/mol. The minimum Gasteiger partial charge on any atom is -0.394 e. The Bertz CT molecular complexity index is 1330. The van der Waals surface area contributed by atoms with Gasteiger partial charge in [-0.15, -0.1) is 0 Å². The number of hydrogen-bond acceptors (Lipinski definition) is 9. The molecule has 5 N–H and O–H groups in total. The summed E-state index contributed by atoms with van der Waals surface area (Å²) in [6.07, 6.45) is -5.00. The van der Waals surface area contributed by atoms with Crippen LogP contribution in [0.1, 0.15) is 11.1 Å². The van der Waals surface area contributed by atoms with E-state index in [0.717, 1.165) is 33.4 Å². The van der Waals surface area contributed by atoms with E-state index in [2.05, 4.69) is 33.7 Å². The number of ether oxygens (including phenoxy) is 1. The van der Waals surface area contributed by atoms with Gasteiger partial charge in [0.05, 0.1) is 12.6 Å². The van der Waals surface area contributed by atoms with Crippen molar-refractivity contribution in [2.45, 2.75) is 44.1 Å². The van der Waals surface area contributed by atoms with Gasteiger partial charge in [-0.1, -0.05) is 71.9 Å². The summed E-state index contributed by atoms with van der Waals surface area (Å²) >= 11 is 0. The van der Waals surface area contributed by atoms with E-state index in [4.69, 9.17) is 9.26 Å². The Morgan fingerprint density at radius 3 is 2.30 bits per heavy atom. The normalized spacial score (nSPS) is 23.8. The summed E-state index contributed by atoms with van der Waals surface area (Å²) in [6.45, 7) is 1.85. The minimum absolute atomic E-state index is 0.307. The third-order valence-corrected chi connectivity index (χ3v) is 6.73. The van der Waals surface area contributed by atoms with Crippen LogP contribution in [0.15, 0.2) is 77.3 Å². The summed E-state index contributed by atoms with van der Waals surface area (Å²) in [6, 6.07) is 22.7. The first-order valence-electron chi connectivity index (χ1n) is 12.1. The lowest BCUT2D eigenvalue weighted by molar-refractivity contribution is -0.254. The second-order valence-electron chi connectivity index (χ2n) is 9.10. The molecule has 9 nitrogen and oxygen atoms in total. The Kier molecular flexibility index (Phi) is 7.43. The highest BCUT2D eigenvalue weighted by Crippen LogP contribution is 2.32. The van der Waals surface area contributed by atoms with Gasteiger partial charge in [-0.3, -0.25) is 0 Å². The second kappa shape index (κ2) is 10.9. The molecule has 5 rings (SSSR count). The maximum absolute atomic E-state index is 10.3. The van der Waals surface area contributed by atoms with Gasteiger partial charge >= 0.3 is 0 Å². The van der Waals surface area contributed by atoms with Gasteiger partial charge in [-0.2, -0.15) is 4.98 Å². The number of benzene rings is 3. The lowest BCUT2D eigenvalue weighted by Crippen LogP contribution is -2.63. The molecule has 1 aliphatic heterocycles. The van der Waals surface area contributed by atoms with E-state index >= 15 is 0 Å². The molecule has 0 saturated carbocycles. The van der Waals surface area contributed by atoms with Crippen LogP contribution in [0.2, 0.25) is 0 Å². The first-order chi connectivity index (χ1) is 18.0. The molecular formula is C28H29N3O6. The van der Waals surface area contributed by atoms with Crippen molar-refractivity contribution in [1.29, 1.82) is 0 Å². The van der Waals surface area contributed by atoms with Gasteiger partial charge in [-0.05, 0) is 35.2 Å². The molecule has 9 heteroatoms. The molecule has 192 valence electrons. The maximum Gasteiger partial charge on any atom is 0.258 e. The van der Waals surface area contributed by atoms with Crippen LogP contribution in [0.25, 0.3) is 34.0 Å². The van der Waals surface area contributed by atoms with E-state index in [-0.39, 0.29) is 0 Å². The van der Waals surface area contributed by atoms with E-state index in [9.17, 15) is 20.4 Å². The number of aromatic nitrogens is 2. The Hall–Kier alpha value is -3.44. The summed E-state index contributed by atoms with van der Waals surface area (Å²) in [5.41, 5.74) is 5.80. The summed E-state index contributed by atoms with van der Waals surface area (Å²) in [4.78, 5) is 4.61. The molecular weight excluding hydrogens is 474 g/mol. The van der Waals surface area contributed by atoms with Gasteiger partial charge in [0, 0.05) is 17.7 Å². The fraction of sp³-hybridized carbons (Fsp3) is 0.286. The van der Waals surface area contributed by atoms with Crippen LogP contribution in [-0.2, 0) is 11.3 Å². The van der Waals surface area contributed by atoms with Gasteiger partial charge in [0.25, 0.3) is 5.89 Å². The SMILES string of the molecule is Cc1c(-c2ccccc2)cccc1-c1nc(-c2ccc(CN[C@@H]3C(O)O[C@H](CO)[C@@H](O)[C@@H]3O)cc2)no1. The first kappa shape index (κ1) is 25.2. The Morgan fingerprint density at radius 1 is 0.838 bits per heavy atom. The van der Waals surface area contributed by atoms with Gasteiger partial charge in [0.2, 0.25) is 5.82 Å². The molecule has 0 radical (unpaired) electrons. The van der Waals surface area contributed by atoms with Crippen molar-refractivity contribution in [3.8, 4) is 34.0 Å². The van der Waals surface area contributed by atoms with E-state index in [1.165, 1.54) is 0 Å². The Balaban J connectivity index is 1.28. The van der Waals surface area contributed by atoms with Crippen LogP contribution in [0.5, 0.6) is 0 Å². The van der Waals surface area contributed by atoms with Crippen molar-refractivity contribution >= 4 is 0 Å². The highest BCUT2D eigenvalue weighted by Gasteiger charge is 2.43. The van der Waals surface area contributed by atoms with Gasteiger partial charge in [-0.25, -0.2) is 0 Å². The number of nitrogens with zero attached hydrogens (tertiary/aromatic N) is 2. The molecule has 1 aliphatic rings. The number of hydrogen-bond donors (Lipinski definition) is 5. The molecule has 1 aromatic heterocycles. The van der Waals surface area contributed by atoms with E-state index in [1.807, 2.05) is 61.5 Å². The third kappa shape index (κ3) is 5.19. The zero-order valence-electron chi connectivity index (χ0n) is 20.2. The Morgan fingerprint density at radius 2 is 1.57 bits per heavy atom. The number of nitrogens with one attached hydrogen (secondary N) is 1. The predicted molar refractivity (Wildman–Crippen MR) is 136 cm³/mol. The predicted octanol–water partition coefficient (Wildman–Crippen LogP) is 2.27. The molecule has 4 aromatic rings. The fourth-order valence-electron chi connectivity index (χ4n) is 4.57. The van der Waals surface area contributed by atoms with Crippen molar-refractivity contribution in [2.75, 3.05) is 6.61 Å². The summed E-state index contributed by atoms with van der Waals surface area (Å²) in [5.74, 6) is 0.903. The zero-order chi connectivity index (χ0) is 25.9. The molecule has 1 fully saturated rings. The first-order valence-corrected chi connectivity index (χ1v) is 12.1. The minimum atomic E-state index is -1.36. The Labute approximate surface area is 214 Å². The van der Waals surface area contributed by atoms with E-state index in [1.54, 1.807) is 0 Å². The van der Waals surface area contributed by atoms with Crippen LogP contribution in [0, 0.1) is 6.92 Å². The largest absolute Gasteiger partial charge is 0.394 e. The van der Waals surface area contributed by atoms with Crippen LogP contribution in [0.3, 0.4) is 0 Å². The van der Waals surface area contributed by atoms with Crippen molar-refractivity contribution in [2.24, 2.45) is 0 Å². The summed E-state index contributed by atoms with van der Waals surface area (Å²) < 4.78 is 10.8. The van der Waals surface area contributed by atoms with Gasteiger partial charge in [0.15, 0.2) is 6.29 Å². The molecule has 1 saturated heterocycles. The van der Waals surface area contributed by atoms with Crippen LogP contribution in [0.4, 0.5) is 0 Å². The number of rotatable bonds is 7. The van der Waals surface area contributed by atoms with Crippen molar-refractivity contribution in [3.05, 3.63) is 83.9 Å². The summed E-state index contributed by atoms with van der Waals surface area (Å²) in [7, 11) is 0. The van der Waals surface area contributed by atoms with E-state index < -0.39 is 37.3 Å². The monoisotopic (exact) mass is 503 g/mol. The summed E-state index contributed by atoms with van der Waals surface area (Å²) in [5, 5.41) is 46.8. The molecule has 0 amide bonds. The van der Waals surface area contributed by atoms with Crippen molar-refractivity contribution in [1.82, 2.24) is 15.5 Å². The lowest BCUT2D eigenvalue weighted by Gasteiger charge is -2.40.